The van der Waals surface area contributed by atoms with Crippen molar-refractivity contribution in [1.29, 1.82) is 0 Å². The van der Waals surface area contributed by atoms with E-state index in [1.165, 1.54) is 12.1 Å². The van der Waals surface area contributed by atoms with E-state index in [1.54, 1.807) is 6.07 Å². The van der Waals surface area contributed by atoms with Gasteiger partial charge in [0.1, 0.15) is 0 Å². The van der Waals surface area contributed by atoms with Gasteiger partial charge in [-0.25, -0.2) is 13.6 Å². The second-order valence-electron chi connectivity index (χ2n) is 2.23. The molecule has 0 aromatic heterocycles. The summed E-state index contributed by atoms with van der Waals surface area (Å²) in [4.78, 5) is 0.0421. The van der Waals surface area contributed by atoms with Gasteiger partial charge in [0.05, 0.1) is 4.90 Å². The van der Waals surface area contributed by atoms with Gasteiger partial charge in [-0.2, -0.15) is 0 Å². The summed E-state index contributed by atoms with van der Waals surface area (Å²) < 4.78 is 22.4. The molecule has 0 saturated heterocycles. The van der Waals surface area contributed by atoms with Crippen molar-refractivity contribution >= 4 is 38.3 Å². The Hall–Kier alpha value is -0.340. The third kappa shape index (κ3) is 2.08. The summed E-state index contributed by atoms with van der Waals surface area (Å²) in [5.41, 5.74) is 5.91. The van der Waals surface area contributed by atoms with E-state index in [2.05, 4.69) is 0 Å². The topological polar surface area (TPSA) is 86.2 Å². The maximum absolute atomic E-state index is 10.8. The van der Waals surface area contributed by atoms with Crippen molar-refractivity contribution in [3.05, 3.63) is 21.8 Å². The first-order valence-electron chi connectivity index (χ1n) is 2.99. The van der Waals surface area contributed by atoms with Crippen LogP contribution in [0, 0.1) is 3.57 Å². The molecule has 1 aromatic rings. The Kier molecular flexibility index (Phi) is 2.59. The molecule has 4 N–H and O–H groups in total. The van der Waals surface area contributed by atoms with Gasteiger partial charge in [-0.05, 0) is 40.8 Å². The Morgan fingerprint density at radius 3 is 2.33 bits per heavy atom. The number of benzene rings is 1. The Morgan fingerprint density at radius 2 is 1.92 bits per heavy atom. The number of nitrogens with two attached hydrogens (primary N) is 2. The highest BCUT2D eigenvalue weighted by Gasteiger charge is 2.08. The van der Waals surface area contributed by atoms with Gasteiger partial charge in [0.15, 0.2) is 0 Å². The monoisotopic (exact) mass is 298 g/mol. The molecule has 1 aromatic carbocycles. The van der Waals surface area contributed by atoms with E-state index in [9.17, 15) is 8.42 Å². The Labute approximate surface area is 84.1 Å². The van der Waals surface area contributed by atoms with Crippen molar-refractivity contribution in [3.8, 4) is 0 Å². The normalized spacial score (nSPS) is 11.5. The maximum atomic E-state index is 10.8. The first kappa shape index (κ1) is 9.75. The SMILES string of the molecule is Nc1cc(S(N)(=O)=O)ccc1I. The molecule has 1 rings (SSSR count). The lowest BCUT2D eigenvalue weighted by Gasteiger charge is -2.00. The lowest BCUT2D eigenvalue weighted by Crippen LogP contribution is -2.12. The van der Waals surface area contributed by atoms with Crippen molar-refractivity contribution in [2.45, 2.75) is 4.90 Å². The van der Waals surface area contributed by atoms with Crippen molar-refractivity contribution in [3.63, 3.8) is 0 Å². The van der Waals surface area contributed by atoms with E-state index in [1.807, 2.05) is 22.6 Å². The fraction of sp³-hybridized carbons (Fsp3) is 0. The number of hydrogen-bond donors (Lipinski definition) is 2. The molecule has 4 nitrogen and oxygen atoms in total. The molecule has 0 unspecified atom stereocenters. The summed E-state index contributed by atoms with van der Waals surface area (Å²) in [5.74, 6) is 0. The third-order valence-electron chi connectivity index (χ3n) is 1.30. The van der Waals surface area contributed by atoms with Crippen LogP contribution in [-0.4, -0.2) is 8.42 Å². The van der Waals surface area contributed by atoms with Crippen LogP contribution in [0.1, 0.15) is 0 Å². The molecule has 6 heteroatoms. The molecule has 0 saturated carbocycles. The molecular weight excluding hydrogens is 291 g/mol. The van der Waals surface area contributed by atoms with Crippen LogP contribution in [0.25, 0.3) is 0 Å². The van der Waals surface area contributed by atoms with Crippen molar-refractivity contribution in [2.75, 3.05) is 5.73 Å². The molecule has 0 fully saturated rings. The van der Waals surface area contributed by atoms with Crippen LogP contribution in [0.5, 0.6) is 0 Å². The number of primary sulfonamides is 1. The molecular formula is C6H7IN2O2S. The predicted molar refractivity (Wildman–Crippen MR) is 54.9 cm³/mol. The van der Waals surface area contributed by atoms with E-state index >= 15 is 0 Å². The Morgan fingerprint density at radius 1 is 1.33 bits per heavy atom. The second-order valence-corrected chi connectivity index (χ2v) is 4.95. The number of sulfonamides is 1. The highest BCUT2D eigenvalue weighted by molar-refractivity contribution is 14.1. The summed E-state index contributed by atoms with van der Waals surface area (Å²) in [6.45, 7) is 0. The number of hydrogen-bond acceptors (Lipinski definition) is 3. The van der Waals surface area contributed by atoms with Gasteiger partial charge in [0.2, 0.25) is 10.0 Å². The number of nitrogen functional groups attached to an aromatic ring is 1. The van der Waals surface area contributed by atoms with Gasteiger partial charge in [0, 0.05) is 9.26 Å². The van der Waals surface area contributed by atoms with E-state index in [0.29, 0.717) is 5.69 Å². The molecule has 0 spiro atoms. The van der Waals surface area contributed by atoms with E-state index in [4.69, 9.17) is 10.9 Å². The van der Waals surface area contributed by atoms with Crippen LogP contribution in [0.2, 0.25) is 0 Å². The van der Waals surface area contributed by atoms with Crippen LogP contribution < -0.4 is 10.9 Å². The zero-order chi connectivity index (χ0) is 9.35. The summed E-state index contributed by atoms with van der Waals surface area (Å²) in [5, 5.41) is 4.89. The first-order valence-corrected chi connectivity index (χ1v) is 5.61. The molecule has 66 valence electrons. The van der Waals surface area contributed by atoms with E-state index < -0.39 is 10.0 Å². The van der Waals surface area contributed by atoms with Gasteiger partial charge >= 0.3 is 0 Å². The average molecular weight is 298 g/mol. The van der Waals surface area contributed by atoms with Gasteiger partial charge in [-0.1, -0.05) is 0 Å². The number of anilines is 1. The zero-order valence-electron chi connectivity index (χ0n) is 5.99. The minimum Gasteiger partial charge on any atom is -0.398 e. The van der Waals surface area contributed by atoms with Crippen LogP contribution in [0.15, 0.2) is 23.1 Å². The van der Waals surface area contributed by atoms with Gasteiger partial charge in [-0.3, -0.25) is 0 Å². The molecule has 0 aliphatic heterocycles. The highest BCUT2D eigenvalue weighted by atomic mass is 127. The lowest BCUT2D eigenvalue weighted by atomic mass is 10.3. The molecule has 0 aliphatic carbocycles. The quantitative estimate of drug-likeness (QED) is 0.585. The molecule has 0 heterocycles. The minimum absolute atomic E-state index is 0.0421. The number of halogens is 1. The second kappa shape index (κ2) is 3.19. The Bertz CT molecular complexity index is 402. The molecule has 0 bridgehead atoms. The summed E-state index contributed by atoms with van der Waals surface area (Å²) in [6, 6.07) is 4.38. The van der Waals surface area contributed by atoms with Gasteiger partial charge in [0.25, 0.3) is 0 Å². The van der Waals surface area contributed by atoms with Gasteiger partial charge < -0.3 is 5.73 Å². The molecule has 0 amide bonds. The lowest BCUT2D eigenvalue weighted by molar-refractivity contribution is 0.598. The van der Waals surface area contributed by atoms with Crippen LogP contribution in [0.4, 0.5) is 5.69 Å². The smallest absolute Gasteiger partial charge is 0.238 e. The number of rotatable bonds is 1. The molecule has 0 atom stereocenters. The Balaban J connectivity index is 3.33. The predicted octanol–water partition coefficient (Wildman–Crippen LogP) is 0.521. The van der Waals surface area contributed by atoms with Crippen molar-refractivity contribution in [2.24, 2.45) is 5.14 Å². The highest BCUT2D eigenvalue weighted by Crippen LogP contribution is 2.18. The molecule has 0 aliphatic rings. The maximum Gasteiger partial charge on any atom is 0.238 e. The largest absolute Gasteiger partial charge is 0.398 e. The summed E-state index contributed by atoms with van der Waals surface area (Å²) in [6.07, 6.45) is 0. The molecule has 12 heavy (non-hydrogen) atoms. The summed E-state index contributed by atoms with van der Waals surface area (Å²) in [7, 11) is -3.63. The fourth-order valence-electron chi connectivity index (χ4n) is 0.699. The van der Waals surface area contributed by atoms with Crippen molar-refractivity contribution in [1.82, 2.24) is 0 Å². The van der Waals surface area contributed by atoms with E-state index in [0.717, 1.165) is 3.57 Å². The van der Waals surface area contributed by atoms with Crippen molar-refractivity contribution < 1.29 is 8.42 Å². The fourth-order valence-corrected chi connectivity index (χ4v) is 1.58. The van der Waals surface area contributed by atoms with Crippen LogP contribution in [-0.2, 0) is 10.0 Å². The van der Waals surface area contributed by atoms with Crippen LogP contribution in [0.3, 0.4) is 0 Å². The minimum atomic E-state index is -3.63. The van der Waals surface area contributed by atoms with E-state index in [-0.39, 0.29) is 4.90 Å². The standard InChI is InChI=1S/C6H7IN2O2S/c7-5-2-1-4(3-6(5)8)12(9,10)11/h1-3H,8H2,(H2,9,10,11). The summed E-state index contributed by atoms with van der Waals surface area (Å²) >= 11 is 2.01. The van der Waals surface area contributed by atoms with Gasteiger partial charge in [-0.15, -0.1) is 0 Å². The zero-order valence-corrected chi connectivity index (χ0v) is 8.96. The molecule has 0 radical (unpaired) electrons. The first-order chi connectivity index (χ1) is 5.41. The third-order valence-corrected chi connectivity index (χ3v) is 3.19. The van der Waals surface area contributed by atoms with Crippen LogP contribution >= 0.6 is 22.6 Å². The average Bonchev–Trinajstić information content (AvgIpc) is 1.92.